The maximum absolute atomic E-state index is 5.22. The molecule has 0 radical (unpaired) electrons. The zero-order chi connectivity index (χ0) is 15.1. The molecule has 1 heterocycles. The molecule has 1 saturated heterocycles. The number of hydrogen-bond acceptors (Lipinski definition) is 4. The molecule has 21 heavy (non-hydrogen) atoms. The molecule has 0 bridgehead atoms. The van der Waals surface area contributed by atoms with E-state index in [4.69, 9.17) is 4.74 Å². The third-order valence-corrected chi connectivity index (χ3v) is 4.12. The number of hydrogen-bond donors (Lipinski definition) is 1. The second kappa shape index (κ2) is 8.25. The molecule has 1 N–H and O–H groups in total. The topological polar surface area (TPSA) is 27.7 Å². The van der Waals surface area contributed by atoms with Gasteiger partial charge < -0.3 is 15.0 Å². The van der Waals surface area contributed by atoms with Crippen LogP contribution in [0.1, 0.15) is 13.8 Å². The molecule has 1 fully saturated rings. The fraction of sp³-hybridized carbons (Fsp3) is 0.647. The van der Waals surface area contributed by atoms with Gasteiger partial charge in [0.1, 0.15) is 5.75 Å². The van der Waals surface area contributed by atoms with Crippen LogP contribution in [0.2, 0.25) is 0 Å². The number of anilines is 1. The largest absolute Gasteiger partial charge is 0.497 e. The van der Waals surface area contributed by atoms with Crippen molar-refractivity contribution in [2.24, 2.45) is 5.92 Å². The third kappa shape index (κ3) is 4.90. The Morgan fingerprint density at radius 1 is 1.14 bits per heavy atom. The van der Waals surface area contributed by atoms with Gasteiger partial charge in [-0.2, -0.15) is 0 Å². The van der Waals surface area contributed by atoms with Crippen molar-refractivity contribution < 1.29 is 4.74 Å². The number of benzene rings is 1. The van der Waals surface area contributed by atoms with Gasteiger partial charge in [0.15, 0.2) is 0 Å². The summed E-state index contributed by atoms with van der Waals surface area (Å²) in [6.45, 7) is 12.4. The first-order valence-electron chi connectivity index (χ1n) is 8.05. The fourth-order valence-corrected chi connectivity index (χ4v) is 2.88. The lowest BCUT2D eigenvalue weighted by Crippen LogP contribution is -2.48. The summed E-state index contributed by atoms with van der Waals surface area (Å²) in [7, 11) is 1.71. The van der Waals surface area contributed by atoms with E-state index >= 15 is 0 Å². The molecule has 0 aliphatic carbocycles. The van der Waals surface area contributed by atoms with Crippen molar-refractivity contribution in [3.8, 4) is 5.75 Å². The highest BCUT2D eigenvalue weighted by atomic mass is 16.5. The standard InChI is InChI=1S/C17H29N3O/c1-4-18-13-15(2)14-19-9-11-20(12-10-19)16-5-7-17(21-3)8-6-16/h5-8,15,18H,4,9-14H2,1-3H3. The Labute approximate surface area is 129 Å². The van der Waals surface area contributed by atoms with Crippen LogP contribution < -0.4 is 15.0 Å². The second-order valence-corrected chi connectivity index (χ2v) is 5.90. The highest BCUT2D eigenvalue weighted by Gasteiger charge is 2.18. The lowest BCUT2D eigenvalue weighted by Gasteiger charge is -2.37. The normalized spacial score (nSPS) is 17.8. The highest BCUT2D eigenvalue weighted by Crippen LogP contribution is 2.20. The summed E-state index contributed by atoms with van der Waals surface area (Å²) in [6.07, 6.45) is 0. The molecule has 0 saturated carbocycles. The highest BCUT2D eigenvalue weighted by molar-refractivity contribution is 5.49. The summed E-state index contributed by atoms with van der Waals surface area (Å²) in [5.41, 5.74) is 1.30. The van der Waals surface area contributed by atoms with Crippen LogP contribution in [0, 0.1) is 5.92 Å². The SMILES string of the molecule is CCNCC(C)CN1CCN(c2ccc(OC)cc2)CC1. The van der Waals surface area contributed by atoms with Gasteiger partial charge in [-0.25, -0.2) is 0 Å². The monoisotopic (exact) mass is 291 g/mol. The number of ether oxygens (including phenoxy) is 1. The van der Waals surface area contributed by atoms with E-state index in [0.717, 1.165) is 50.9 Å². The zero-order valence-corrected chi connectivity index (χ0v) is 13.6. The number of nitrogens with zero attached hydrogens (tertiary/aromatic N) is 2. The number of nitrogens with one attached hydrogen (secondary N) is 1. The van der Waals surface area contributed by atoms with Gasteiger partial charge >= 0.3 is 0 Å². The Morgan fingerprint density at radius 3 is 2.38 bits per heavy atom. The Morgan fingerprint density at radius 2 is 1.81 bits per heavy atom. The molecule has 2 rings (SSSR count). The number of methoxy groups -OCH3 is 1. The van der Waals surface area contributed by atoms with E-state index in [2.05, 4.69) is 41.1 Å². The van der Waals surface area contributed by atoms with E-state index in [1.54, 1.807) is 7.11 Å². The lowest BCUT2D eigenvalue weighted by atomic mass is 10.1. The van der Waals surface area contributed by atoms with Crippen molar-refractivity contribution in [3.63, 3.8) is 0 Å². The van der Waals surface area contributed by atoms with Gasteiger partial charge in [0.25, 0.3) is 0 Å². The number of rotatable bonds is 7. The minimum atomic E-state index is 0.720. The number of piperazine rings is 1. The summed E-state index contributed by atoms with van der Waals surface area (Å²) in [6, 6.07) is 8.39. The summed E-state index contributed by atoms with van der Waals surface area (Å²) in [5, 5.41) is 3.43. The van der Waals surface area contributed by atoms with Crippen molar-refractivity contribution in [1.29, 1.82) is 0 Å². The van der Waals surface area contributed by atoms with Gasteiger partial charge in [0, 0.05) is 38.4 Å². The van der Waals surface area contributed by atoms with Gasteiger partial charge in [-0.05, 0) is 43.3 Å². The van der Waals surface area contributed by atoms with Crippen molar-refractivity contribution >= 4 is 5.69 Å². The van der Waals surface area contributed by atoms with E-state index < -0.39 is 0 Å². The van der Waals surface area contributed by atoms with E-state index in [1.807, 2.05) is 12.1 Å². The molecule has 1 aliphatic heterocycles. The van der Waals surface area contributed by atoms with E-state index in [-0.39, 0.29) is 0 Å². The average Bonchev–Trinajstić information content (AvgIpc) is 2.54. The molecule has 4 nitrogen and oxygen atoms in total. The van der Waals surface area contributed by atoms with Crippen LogP contribution in [-0.2, 0) is 0 Å². The van der Waals surface area contributed by atoms with E-state index in [0.29, 0.717) is 0 Å². The van der Waals surface area contributed by atoms with Gasteiger partial charge in [0.05, 0.1) is 7.11 Å². The van der Waals surface area contributed by atoms with Crippen LogP contribution in [0.25, 0.3) is 0 Å². The molecule has 118 valence electrons. The van der Waals surface area contributed by atoms with Gasteiger partial charge in [-0.15, -0.1) is 0 Å². The Bertz CT molecular complexity index is 399. The van der Waals surface area contributed by atoms with Crippen LogP contribution in [0.3, 0.4) is 0 Å². The minimum absolute atomic E-state index is 0.720. The van der Waals surface area contributed by atoms with Gasteiger partial charge in [-0.3, -0.25) is 4.90 Å². The first-order chi connectivity index (χ1) is 10.2. The molecule has 4 heteroatoms. The van der Waals surface area contributed by atoms with Crippen molar-refractivity contribution in [2.75, 3.05) is 57.8 Å². The van der Waals surface area contributed by atoms with Crippen LogP contribution in [-0.4, -0.2) is 57.8 Å². The molecular formula is C17H29N3O. The van der Waals surface area contributed by atoms with E-state index in [9.17, 15) is 0 Å². The summed E-state index contributed by atoms with van der Waals surface area (Å²) < 4.78 is 5.22. The Kier molecular flexibility index (Phi) is 6.33. The molecule has 1 aromatic rings. The van der Waals surface area contributed by atoms with Crippen LogP contribution in [0.4, 0.5) is 5.69 Å². The predicted molar refractivity (Wildman–Crippen MR) is 89.4 cm³/mol. The molecule has 0 aromatic heterocycles. The minimum Gasteiger partial charge on any atom is -0.497 e. The van der Waals surface area contributed by atoms with Gasteiger partial charge in [0.2, 0.25) is 0 Å². The molecule has 1 atom stereocenters. The smallest absolute Gasteiger partial charge is 0.119 e. The first kappa shape index (κ1) is 16.1. The molecule has 0 amide bonds. The molecule has 0 spiro atoms. The Hall–Kier alpha value is -1.26. The molecule has 1 unspecified atom stereocenters. The van der Waals surface area contributed by atoms with Crippen molar-refractivity contribution in [1.82, 2.24) is 10.2 Å². The summed E-state index contributed by atoms with van der Waals surface area (Å²) >= 11 is 0. The van der Waals surface area contributed by atoms with Crippen LogP contribution >= 0.6 is 0 Å². The zero-order valence-electron chi connectivity index (χ0n) is 13.6. The molecular weight excluding hydrogens is 262 g/mol. The van der Waals surface area contributed by atoms with Crippen molar-refractivity contribution in [2.45, 2.75) is 13.8 Å². The lowest BCUT2D eigenvalue weighted by molar-refractivity contribution is 0.223. The Balaban J connectivity index is 1.77. The maximum Gasteiger partial charge on any atom is 0.119 e. The fourth-order valence-electron chi connectivity index (χ4n) is 2.88. The van der Waals surface area contributed by atoms with Gasteiger partial charge in [-0.1, -0.05) is 13.8 Å². The summed E-state index contributed by atoms with van der Waals surface area (Å²) in [5.74, 6) is 1.65. The van der Waals surface area contributed by atoms with Crippen LogP contribution in [0.5, 0.6) is 5.75 Å². The molecule has 1 aliphatic rings. The maximum atomic E-state index is 5.22. The predicted octanol–water partition coefficient (Wildman–Crippen LogP) is 2.06. The summed E-state index contributed by atoms with van der Waals surface area (Å²) in [4.78, 5) is 5.05. The van der Waals surface area contributed by atoms with Crippen LogP contribution in [0.15, 0.2) is 24.3 Å². The van der Waals surface area contributed by atoms with Crippen molar-refractivity contribution in [3.05, 3.63) is 24.3 Å². The molecule has 1 aromatic carbocycles. The average molecular weight is 291 g/mol. The first-order valence-corrected chi connectivity index (χ1v) is 8.05. The van der Waals surface area contributed by atoms with E-state index in [1.165, 1.54) is 12.2 Å². The quantitative estimate of drug-likeness (QED) is 0.832. The second-order valence-electron chi connectivity index (χ2n) is 5.90. The third-order valence-electron chi connectivity index (χ3n) is 4.12.